The molecule has 29 heavy (non-hydrogen) atoms. The summed E-state index contributed by atoms with van der Waals surface area (Å²) in [5.41, 5.74) is 1.65. The smallest absolute Gasteiger partial charge is 0.244 e. The maximum Gasteiger partial charge on any atom is 0.244 e. The molecule has 154 valence electrons. The lowest BCUT2D eigenvalue weighted by atomic mass is 9.93. The number of rotatable bonds is 6. The molecule has 3 heterocycles. The van der Waals surface area contributed by atoms with Gasteiger partial charge >= 0.3 is 0 Å². The fraction of sp³-hybridized carbons (Fsp3) is 0.478. The second-order valence-corrected chi connectivity index (χ2v) is 8.15. The summed E-state index contributed by atoms with van der Waals surface area (Å²) in [5.74, 6) is 0.380. The molecule has 1 aromatic heterocycles. The van der Waals surface area contributed by atoms with Crippen LogP contribution in [0.2, 0.25) is 0 Å². The summed E-state index contributed by atoms with van der Waals surface area (Å²) < 4.78 is 14.1. The number of halogens is 1. The van der Waals surface area contributed by atoms with E-state index in [0.29, 0.717) is 18.2 Å². The molecule has 2 saturated heterocycles. The summed E-state index contributed by atoms with van der Waals surface area (Å²) in [6.07, 6.45) is 7.90. The fourth-order valence-electron chi connectivity index (χ4n) is 4.56. The number of likely N-dealkylation sites (N-methyl/N-ethyl adjacent to an activating group) is 1. The Hall–Kier alpha value is -2.47. The van der Waals surface area contributed by atoms with Crippen LogP contribution in [0.15, 0.2) is 48.8 Å². The molecule has 0 spiro atoms. The first-order valence-corrected chi connectivity index (χ1v) is 10.5. The molecule has 0 bridgehead atoms. The summed E-state index contributed by atoms with van der Waals surface area (Å²) >= 11 is 0. The van der Waals surface area contributed by atoms with E-state index in [0.717, 1.165) is 32.5 Å². The van der Waals surface area contributed by atoms with Gasteiger partial charge in [-0.15, -0.1) is 0 Å². The first-order chi connectivity index (χ1) is 14.1. The molecule has 0 N–H and O–H groups in total. The van der Waals surface area contributed by atoms with Gasteiger partial charge in [-0.25, -0.2) is 4.39 Å². The number of para-hydroxylation sites is 1. The largest absolute Gasteiger partial charge is 0.371 e. The van der Waals surface area contributed by atoms with Crippen molar-refractivity contribution in [3.8, 4) is 0 Å². The van der Waals surface area contributed by atoms with E-state index < -0.39 is 0 Å². The number of carbonyl (C=O) groups excluding carboxylic acids is 1. The lowest BCUT2D eigenvalue weighted by molar-refractivity contribution is -0.121. The van der Waals surface area contributed by atoms with Gasteiger partial charge in [0.2, 0.25) is 5.91 Å². The molecule has 4 rings (SSSR count). The Kier molecular flexibility index (Phi) is 6.09. The number of amides is 1. The minimum absolute atomic E-state index is 0.0186. The predicted molar refractivity (Wildman–Crippen MR) is 114 cm³/mol. The van der Waals surface area contributed by atoms with Crippen LogP contribution in [0.5, 0.6) is 0 Å². The lowest BCUT2D eigenvalue weighted by Gasteiger charge is -2.34. The molecule has 1 amide bonds. The first-order valence-electron chi connectivity index (χ1n) is 10.5. The van der Waals surface area contributed by atoms with E-state index in [1.807, 2.05) is 19.4 Å². The zero-order chi connectivity index (χ0) is 20.2. The van der Waals surface area contributed by atoms with E-state index in [1.165, 1.54) is 24.6 Å². The topological polar surface area (TPSA) is 39.7 Å². The number of hydrogen-bond donors (Lipinski definition) is 0. The van der Waals surface area contributed by atoms with Gasteiger partial charge in [-0.2, -0.15) is 0 Å². The molecule has 1 aromatic carbocycles. The Morgan fingerprint density at radius 3 is 2.52 bits per heavy atom. The minimum Gasteiger partial charge on any atom is -0.371 e. The number of hydrogen-bond acceptors (Lipinski definition) is 4. The molecule has 1 unspecified atom stereocenters. The van der Waals surface area contributed by atoms with E-state index in [2.05, 4.69) is 26.9 Å². The summed E-state index contributed by atoms with van der Waals surface area (Å²) in [6.45, 7) is 3.63. The first kappa shape index (κ1) is 19.8. The van der Waals surface area contributed by atoms with Crippen molar-refractivity contribution in [3.05, 3.63) is 54.6 Å². The van der Waals surface area contributed by atoms with E-state index in [-0.39, 0.29) is 17.8 Å². The highest BCUT2D eigenvalue weighted by molar-refractivity contribution is 5.99. The van der Waals surface area contributed by atoms with Crippen molar-refractivity contribution in [2.45, 2.75) is 31.7 Å². The maximum atomic E-state index is 14.1. The van der Waals surface area contributed by atoms with Gasteiger partial charge in [-0.1, -0.05) is 12.1 Å². The summed E-state index contributed by atoms with van der Waals surface area (Å²) in [7, 11) is 2.03. The van der Waals surface area contributed by atoms with Crippen LogP contribution in [-0.4, -0.2) is 55.1 Å². The summed E-state index contributed by atoms with van der Waals surface area (Å²) in [6, 6.07) is 10.5. The normalized spacial score (nSPS) is 20.7. The second kappa shape index (κ2) is 8.91. The molecular formula is C23H29FN4O. The average molecular weight is 397 g/mol. The Morgan fingerprint density at radius 1 is 1.07 bits per heavy atom. The molecule has 2 aliphatic rings. The average Bonchev–Trinajstić information content (AvgIpc) is 3.14. The van der Waals surface area contributed by atoms with Crippen molar-refractivity contribution >= 4 is 17.3 Å². The van der Waals surface area contributed by atoms with E-state index in [1.54, 1.807) is 23.1 Å². The third-order valence-electron chi connectivity index (χ3n) is 6.38. The standard InChI is InChI=1S/C23H29FN4O/c1-26(22-11-17-28(23(22)29)21-5-3-2-4-20(21)24)14-8-18-9-15-27(16-10-18)19-6-12-25-13-7-19/h2-7,12-13,18,22H,8-11,14-17H2,1H3. The molecule has 2 aliphatic heterocycles. The van der Waals surface area contributed by atoms with Gasteiger partial charge in [0.05, 0.1) is 11.7 Å². The number of nitrogens with zero attached hydrogens (tertiary/aromatic N) is 4. The van der Waals surface area contributed by atoms with Gasteiger partial charge < -0.3 is 9.80 Å². The summed E-state index contributed by atoms with van der Waals surface area (Å²) in [4.78, 5) is 23.1. The Balaban J connectivity index is 1.26. The minimum atomic E-state index is -0.329. The summed E-state index contributed by atoms with van der Waals surface area (Å²) in [5, 5.41) is 0. The quantitative estimate of drug-likeness (QED) is 0.749. The van der Waals surface area contributed by atoms with Crippen LogP contribution >= 0.6 is 0 Å². The van der Waals surface area contributed by atoms with Crippen LogP contribution in [0.1, 0.15) is 25.7 Å². The van der Waals surface area contributed by atoms with Crippen LogP contribution in [0.4, 0.5) is 15.8 Å². The molecule has 2 fully saturated rings. The van der Waals surface area contributed by atoms with Crippen LogP contribution in [0, 0.1) is 11.7 Å². The van der Waals surface area contributed by atoms with Crippen LogP contribution in [-0.2, 0) is 4.79 Å². The molecule has 0 saturated carbocycles. The molecule has 0 radical (unpaired) electrons. The lowest BCUT2D eigenvalue weighted by Crippen LogP contribution is -2.41. The maximum absolute atomic E-state index is 14.1. The molecule has 1 atom stereocenters. The fourth-order valence-corrected chi connectivity index (χ4v) is 4.56. The molecule has 5 nitrogen and oxygen atoms in total. The highest BCUT2D eigenvalue weighted by Gasteiger charge is 2.36. The van der Waals surface area contributed by atoms with Crippen LogP contribution in [0.3, 0.4) is 0 Å². The number of benzene rings is 1. The van der Waals surface area contributed by atoms with Gasteiger partial charge in [0.15, 0.2) is 0 Å². The van der Waals surface area contributed by atoms with Gasteiger partial charge in [0, 0.05) is 37.7 Å². The number of piperidine rings is 1. The zero-order valence-corrected chi connectivity index (χ0v) is 17.0. The Labute approximate surface area is 172 Å². The van der Waals surface area contributed by atoms with E-state index >= 15 is 0 Å². The third kappa shape index (κ3) is 4.42. The number of carbonyl (C=O) groups is 1. The van der Waals surface area contributed by atoms with Crippen molar-refractivity contribution in [1.82, 2.24) is 9.88 Å². The monoisotopic (exact) mass is 396 g/mol. The number of aromatic nitrogens is 1. The van der Waals surface area contributed by atoms with Gasteiger partial charge in [-0.05, 0) is 69.5 Å². The molecular weight excluding hydrogens is 367 g/mol. The van der Waals surface area contributed by atoms with Crippen molar-refractivity contribution in [3.63, 3.8) is 0 Å². The van der Waals surface area contributed by atoms with Crippen LogP contribution < -0.4 is 9.80 Å². The zero-order valence-electron chi connectivity index (χ0n) is 17.0. The Morgan fingerprint density at radius 2 is 1.79 bits per heavy atom. The van der Waals surface area contributed by atoms with Crippen molar-refractivity contribution in [1.29, 1.82) is 0 Å². The second-order valence-electron chi connectivity index (χ2n) is 8.15. The Bertz CT molecular complexity index is 823. The SMILES string of the molecule is CN(CCC1CCN(c2ccncc2)CC1)C1CCN(c2ccccc2F)C1=O. The van der Waals surface area contributed by atoms with Crippen molar-refractivity contribution in [2.75, 3.05) is 43.0 Å². The molecule has 6 heteroatoms. The van der Waals surface area contributed by atoms with E-state index in [4.69, 9.17) is 0 Å². The third-order valence-corrected chi connectivity index (χ3v) is 6.38. The van der Waals surface area contributed by atoms with Crippen molar-refractivity contribution in [2.24, 2.45) is 5.92 Å². The predicted octanol–water partition coefficient (Wildman–Crippen LogP) is 3.56. The van der Waals surface area contributed by atoms with Gasteiger partial charge in [0.25, 0.3) is 0 Å². The highest BCUT2D eigenvalue weighted by atomic mass is 19.1. The number of pyridine rings is 1. The van der Waals surface area contributed by atoms with Gasteiger partial charge in [0.1, 0.15) is 5.82 Å². The number of anilines is 2. The highest BCUT2D eigenvalue weighted by Crippen LogP contribution is 2.28. The van der Waals surface area contributed by atoms with Crippen LogP contribution in [0.25, 0.3) is 0 Å². The van der Waals surface area contributed by atoms with E-state index in [9.17, 15) is 9.18 Å². The van der Waals surface area contributed by atoms with Gasteiger partial charge in [-0.3, -0.25) is 14.7 Å². The van der Waals surface area contributed by atoms with Crippen molar-refractivity contribution < 1.29 is 9.18 Å². The molecule has 0 aliphatic carbocycles. The molecule has 2 aromatic rings.